The summed E-state index contributed by atoms with van der Waals surface area (Å²) in [5.74, 6) is 0.800. The number of quaternary nitrogens is 1. The van der Waals surface area contributed by atoms with Gasteiger partial charge < -0.3 is 14.3 Å². The fourth-order valence-electron chi connectivity index (χ4n) is 3.50. The second-order valence-electron chi connectivity index (χ2n) is 8.61. The molecule has 0 aromatic heterocycles. The van der Waals surface area contributed by atoms with Gasteiger partial charge in [0.15, 0.2) is 5.78 Å². The van der Waals surface area contributed by atoms with Crippen LogP contribution in [-0.2, 0) is 6.42 Å². The molecule has 0 saturated heterocycles. The van der Waals surface area contributed by atoms with Crippen LogP contribution in [0.15, 0.2) is 54.6 Å². The number of rotatable bonds is 11. The highest BCUT2D eigenvalue weighted by atomic mass is 16.5. The molecule has 2 aromatic rings. The lowest BCUT2D eigenvalue weighted by atomic mass is 10.0. The van der Waals surface area contributed by atoms with Gasteiger partial charge in [-0.3, -0.25) is 4.79 Å². The quantitative estimate of drug-likeness (QED) is 0.448. The molecule has 4 heteroatoms. The zero-order chi connectivity index (χ0) is 21.4. The van der Waals surface area contributed by atoms with Gasteiger partial charge in [0, 0.05) is 12.0 Å². The van der Waals surface area contributed by atoms with Gasteiger partial charge >= 0.3 is 0 Å². The van der Waals surface area contributed by atoms with E-state index in [0.29, 0.717) is 36.4 Å². The SMILES string of the molecule is CC(C)[N+](C)(CC(O)COc1ccc(C(=O)CCc2ccccc2)cc1)C(C)C. The van der Waals surface area contributed by atoms with Crippen LogP contribution in [0, 0.1) is 0 Å². The number of ether oxygens (including phenoxy) is 1. The van der Waals surface area contributed by atoms with Crippen molar-refractivity contribution >= 4 is 5.78 Å². The van der Waals surface area contributed by atoms with Crippen LogP contribution < -0.4 is 4.74 Å². The summed E-state index contributed by atoms with van der Waals surface area (Å²) in [4.78, 5) is 12.4. The topological polar surface area (TPSA) is 46.5 Å². The molecule has 0 heterocycles. The van der Waals surface area contributed by atoms with Crippen molar-refractivity contribution < 1.29 is 19.1 Å². The molecule has 0 spiro atoms. The van der Waals surface area contributed by atoms with Crippen LogP contribution in [0.2, 0.25) is 0 Å². The molecule has 0 radical (unpaired) electrons. The summed E-state index contributed by atoms with van der Waals surface area (Å²) < 4.78 is 6.56. The molecule has 0 bridgehead atoms. The molecule has 0 amide bonds. The molecule has 1 N–H and O–H groups in total. The van der Waals surface area contributed by atoms with E-state index in [9.17, 15) is 9.90 Å². The van der Waals surface area contributed by atoms with E-state index < -0.39 is 6.10 Å². The summed E-state index contributed by atoms with van der Waals surface area (Å²) >= 11 is 0. The number of likely N-dealkylation sites (N-methyl/N-ethyl adjacent to an activating group) is 1. The number of nitrogens with zero attached hydrogens (tertiary/aromatic N) is 1. The Kier molecular flexibility index (Phi) is 8.42. The van der Waals surface area contributed by atoms with Crippen LogP contribution in [0.3, 0.4) is 0 Å². The molecule has 1 atom stereocenters. The molecule has 4 nitrogen and oxygen atoms in total. The molecule has 29 heavy (non-hydrogen) atoms. The summed E-state index contributed by atoms with van der Waals surface area (Å²) in [6.07, 6.45) is 0.688. The van der Waals surface area contributed by atoms with Gasteiger partial charge in [-0.1, -0.05) is 30.3 Å². The van der Waals surface area contributed by atoms with Crippen LogP contribution in [0.4, 0.5) is 0 Å². The third-order valence-electron chi connectivity index (χ3n) is 6.07. The van der Waals surface area contributed by atoms with Crippen LogP contribution in [0.25, 0.3) is 0 Å². The first-order valence-electron chi connectivity index (χ1n) is 10.6. The Hall–Kier alpha value is -2.17. The predicted octanol–water partition coefficient (Wildman–Crippen LogP) is 4.51. The number of hydrogen-bond donors (Lipinski definition) is 1. The maximum absolute atomic E-state index is 12.4. The number of ketones is 1. The average Bonchev–Trinajstić information content (AvgIpc) is 2.71. The standard InChI is InChI=1S/C25H36NO3/c1-19(2)26(5,20(3)4)17-23(27)18-29-24-14-12-22(13-15-24)25(28)16-11-21-9-7-6-8-10-21/h6-10,12-15,19-20,23,27H,11,16-18H2,1-5H3/q+1. The highest BCUT2D eigenvalue weighted by molar-refractivity contribution is 5.96. The first-order chi connectivity index (χ1) is 13.7. The van der Waals surface area contributed by atoms with E-state index >= 15 is 0 Å². The van der Waals surface area contributed by atoms with E-state index in [1.54, 1.807) is 24.3 Å². The summed E-state index contributed by atoms with van der Waals surface area (Å²) in [6.45, 7) is 9.62. The number of aliphatic hydroxyl groups excluding tert-OH is 1. The number of carbonyl (C=O) groups excluding carboxylic acids is 1. The van der Waals surface area contributed by atoms with E-state index in [2.05, 4.69) is 34.7 Å². The normalized spacial score (nSPS) is 13.0. The van der Waals surface area contributed by atoms with Crippen molar-refractivity contribution in [3.63, 3.8) is 0 Å². The molecule has 0 saturated carbocycles. The molecular formula is C25H36NO3+. The van der Waals surface area contributed by atoms with E-state index in [4.69, 9.17) is 4.74 Å². The minimum absolute atomic E-state index is 0.127. The molecule has 0 aliphatic rings. The zero-order valence-electron chi connectivity index (χ0n) is 18.5. The number of hydrogen-bond acceptors (Lipinski definition) is 3. The minimum Gasteiger partial charge on any atom is -0.491 e. The van der Waals surface area contributed by atoms with Gasteiger partial charge in [0.25, 0.3) is 0 Å². The monoisotopic (exact) mass is 398 g/mol. The third kappa shape index (κ3) is 6.69. The van der Waals surface area contributed by atoms with E-state index in [1.165, 1.54) is 5.56 Å². The van der Waals surface area contributed by atoms with Crippen molar-refractivity contribution in [1.29, 1.82) is 0 Å². The highest BCUT2D eigenvalue weighted by Crippen LogP contribution is 2.18. The largest absolute Gasteiger partial charge is 0.491 e. The Morgan fingerprint density at radius 1 is 0.966 bits per heavy atom. The fourth-order valence-corrected chi connectivity index (χ4v) is 3.50. The van der Waals surface area contributed by atoms with Crippen molar-refractivity contribution in [2.75, 3.05) is 20.2 Å². The Bertz CT molecular complexity index is 745. The van der Waals surface area contributed by atoms with Crippen molar-refractivity contribution in [1.82, 2.24) is 0 Å². The predicted molar refractivity (Wildman–Crippen MR) is 118 cm³/mol. The van der Waals surface area contributed by atoms with Gasteiger partial charge in [-0.2, -0.15) is 0 Å². The van der Waals surface area contributed by atoms with E-state index in [0.717, 1.165) is 10.9 Å². The van der Waals surface area contributed by atoms with E-state index in [1.807, 2.05) is 30.3 Å². The van der Waals surface area contributed by atoms with Crippen molar-refractivity contribution in [2.24, 2.45) is 0 Å². The summed E-state index contributed by atoms with van der Waals surface area (Å²) in [5, 5.41) is 10.5. The molecule has 158 valence electrons. The maximum Gasteiger partial charge on any atom is 0.163 e. The molecule has 0 aliphatic carbocycles. The smallest absolute Gasteiger partial charge is 0.163 e. The van der Waals surface area contributed by atoms with Gasteiger partial charge in [-0.05, 0) is 63.9 Å². The number of aryl methyl sites for hydroxylation is 1. The Balaban J connectivity index is 1.84. The Morgan fingerprint density at radius 3 is 2.10 bits per heavy atom. The van der Waals surface area contributed by atoms with Gasteiger partial charge in [0.1, 0.15) is 25.0 Å². The second kappa shape index (κ2) is 10.6. The van der Waals surface area contributed by atoms with Gasteiger partial charge in [0.2, 0.25) is 0 Å². The first kappa shape index (κ1) is 23.1. The van der Waals surface area contributed by atoms with Crippen LogP contribution in [0.1, 0.15) is 50.0 Å². The van der Waals surface area contributed by atoms with Crippen LogP contribution in [-0.4, -0.2) is 53.8 Å². The Morgan fingerprint density at radius 2 is 1.55 bits per heavy atom. The van der Waals surface area contributed by atoms with Crippen molar-refractivity contribution in [3.05, 3.63) is 65.7 Å². The summed E-state index contributed by atoms with van der Waals surface area (Å²) in [7, 11) is 2.18. The van der Waals surface area contributed by atoms with Gasteiger partial charge in [-0.25, -0.2) is 0 Å². The fraction of sp³-hybridized carbons (Fsp3) is 0.480. The molecule has 1 unspecified atom stereocenters. The molecule has 0 fully saturated rings. The molecule has 2 aromatic carbocycles. The number of Topliss-reactive ketones (excluding diaryl/α,β-unsaturated/α-hetero) is 1. The number of aliphatic hydroxyl groups is 1. The first-order valence-corrected chi connectivity index (χ1v) is 10.6. The minimum atomic E-state index is -0.544. The lowest BCUT2D eigenvalue weighted by Gasteiger charge is -2.43. The lowest BCUT2D eigenvalue weighted by molar-refractivity contribution is -0.951. The lowest BCUT2D eigenvalue weighted by Crippen LogP contribution is -2.58. The van der Waals surface area contributed by atoms with Crippen LogP contribution in [0.5, 0.6) is 5.75 Å². The molecule has 2 rings (SSSR count). The van der Waals surface area contributed by atoms with Crippen molar-refractivity contribution in [2.45, 2.75) is 58.7 Å². The van der Waals surface area contributed by atoms with E-state index in [-0.39, 0.29) is 12.4 Å². The van der Waals surface area contributed by atoms with Crippen LogP contribution >= 0.6 is 0 Å². The molecule has 0 aliphatic heterocycles. The summed E-state index contributed by atoms with van der Waals surface area (Å²) in [6, 6.07) is 18.1. The summed E-state index contributed by atoms with van der Waals surface area (Å²) in [5.41, 5.74) is 1.86. The second-order valence-corrected chi connectivity index (χ2v) is 8.61. The maximum atomic E-state index is 12.4. The number of benzene rings is 2. The molecular weight excluding hydrogens is 362 g/mol. The highest BCUT2D eigenvalue weighted by Gasteiger charge is 2.32. The number of carbonyl (C=O) groups is 1. The Labute approximate surface area is 175 Å². The third-order valence-corrected chi connectivity index (χ3v) is 6.07. The zero-order valence-corrected chi connectivity index (χ0v) is 18.5. The van der Waals surface area contributed by atoms with Gasteiger partial charge in [0.05, 0.1) is 19.1 Å². The van der Waals surface area contributed by atoms with Gasteiger partial charge in [-0.15, -0.1) is 0 Å². The average molecular weight is 399 g/mol. The van der Waals surface area contributed by atoms with Crippen molar-refractivity contribution in [3.8, 4) is 5.75 Å².